The van der Waals surface area contributed by atoms with Crippen molar-refractivity contribution in [3.05, 3.63) is 77.9 Å². The van der Waals surface area contributed by atoms with E-state index in [4.69, 9.17) is 19.3 Å². The fourth-order valence-electron chi connectivity index (χ4n) is 7.08. The van der Waals surface area contributed by atoms with Gasteiger partial charge in [0.15, 0.2) is 0 Å². The number of esters is 1. The maximum absolute atomic E-state index is 12.9. The van der Waals surface area contributed by atoms with Crippen LogP contribution < -0.4 is 4.74 Å². The lowest BCUT2D eigenvalue weighted by atomic mass is 9.86. The van der Waals surface area contributed by atoms with Crippen LogP contribution in [0.1, 0.15) is 97.9 Å². The zero-order chi connectivity index (χ0) is 30.0. The summed E-state index contributed by atoms with van der Waals surface area (Å²) in [7, 11) is 1.41. The molecule has 2 aliphatic carbocycles. The van der Waals surface area contributed by atoms with Crippen LogP contribution in [0.3, 0.4) is 0 Å². The van der Waals surface area contributed by atoms with Crippen molar-refractivity contribution >= 4 is 5.97 Å². The first kappa shape index (κ1) is 28.8. The third-order valence-corrected chi connectivity index (χ3v) is 9.72. The number of carbonyl (C=O) groups excluding carboxylic acids is 1. The molecule has 0 radical (unpaired) electrons. The molecule has 7 rings (SSSR count). The van der Waals surface area contributed by atoms with Gasteiger partial charge in [-0.15, -0.1) is 5.10 Å². The largest absolute Gasteiger partial charge is 0.490 e. The first-order valence-corrected chi connectivity index (χ1v) is 16.1. The van der Waals surface area contributed by atoms with Gasteiger partial charge in [-0.05, 0) is 80.3 Å². The molecule has 0 bridgehead atoms. The Morgan fingerprint density at radius 1 is 0.977 bits per heavy atom. The number of rotatable bonds is 9. The lowest BCUT2D eigenvalue weighted by Crippen LogP contribution is -2.25. The van der Waals surface area contributed by atoms with Crippen molar-refractivity contribution in [3.8, 4) is 22.6 Å². The minimum absolute atomic E-state index is 0.0908. The number of methoxy groups -OCH3 is 1. The van der Waals surface area contributed by atoms with Gasteiger partial charge in [-0.25, -0.2) is 14.2 Å². The maximum Gasteiger partial charge on any atom is 0.341 e. The van der Waals surface area contributed by atoms with Crippen molar-refractivity contribution in [2.45, 2.75) is 82.3 Å². The molecular weight excluding hydrogens is 554 g/mol. The van der Waals surface area contributed by atoms with E-state index in [0.717, 1.165) is 66.4 Å². The van der Waals surface area contributed by atoms with E-state index < -0.39 is 0 Å². The van der Waals surface area contributed by atoms with Gasteiger partial charge in [0.2, 0.25) is 0 Å². The van der Waals surface area contributed by atoms with E-state index in [1.54, 1.807) is 6.20 Å². The van der Waals surface area contributed by atoms with E-state index in [-0.39, 0.29) is 23.9 Å². The molecule has 9 nitrogen and oxygen atoms in total. The Hall–Kier alpha value is -3.98. The van der Waals surface area contributed by atoms with Gasteiger partial charge in [0.25, 0.3) is 0 Å². The highest BCUT2D eigenvalue weighted by Crippen LogP contribution is 2.55. The highest BCUT2D eigenvalue weighted by atomic mass is 16.5. The molecule has 1 saturated heterocycles. The number of benzene rings is 2. The monoisotopic (exact) mass is 595 g/mol. The van der Waals surface area contributed by atoms with Crippen LogP contribution in [-0.2, 0) is 9.47 Å². The van der Waals surface area contributed by atoms with Gasteiger partial charge < -0.3 is 14.2 Å². The van der Waals surface area contributed by atoms with Gasteiger partial charge in [-0.2, -0.15) is 5.10 Å². The Bertz CT molecular complexity index is 1600. The average Bonchev–Trinajstić information content (AvgIpc) is 3.48. The molecule has 1 aliphatic heterocycles. The third kappa shape index (κ3) is 5.89. The summed E-state index contributed by atoms with van der Waals surface area (Å²) in [5, 5.41) is 13.7. The second-order valence-corrected chi connectivity index (χ2v) is 12.6. The number of aromatic nitrogens is 5. The Labute approximate surface area is 258 Å². The Balaban J connectivity index is 1.14. The Kier molecular flexibility index (Phi) is 8.21. The number of carbonyl (C=O) groups is 1. The summed E-state index contributed by atoms with van der Waals surface area (Å²) in [6.07, 6.45) is 13.1. The molecule has 3 fully saturated rings. The van der Waals surface area contributed by atoms with Gasteiger partial charge in [-0.1, -0.05) is 48.7 Å². The quantitative estimate of drug-likeness (QED) is 0.195. The molecule has 3 heterocycles. The normalized spacial score (nSPS) is 21.6. The molecule has 0 unspecified atom stereocenters. The number of ether oxygens (including phenoxy) is 3. The van der Waals surface area contributed by atoms with Crippen LogP contribution in [0, 0.1) is 5.92 Å². The Morgan fingerprint density at radius 2 is 1.75 bits per heavy atom. The standard InChI is InChI=1S/C35H41N5O4/c1-23(24-8-4-3-5-9-24)44-29-13-7-11-26(19-29)25-10-6-12-28(18-25)40-34(32(21-36-40)35(41)42-2)31-20-30(31)33-22-39(38-37-33)27-14-16-43-17-15-27/h6-7,10-13,18-19,21-24,27,30-31H,3-5,8-9,14-17,20H2,1-2H3/t23-,30+,31+/m0/s1. The van der Waals surface area contributed by atoms with Crippen LogP contribution in [0.15, 0.2) is 60.9 Å². The molecule has 230 valence electrons. The summed E-state index contributed by atoms with van der Waals surface area (Å²) in [5.41, 5.74) is 5.35. The first-order valence-electron chi connectivity index (χ1n) is 16.1. The fourth-order valence-corrected chi connectivity index (χ4v) is 7.08. The molecule has 0 N–H and O–H groups in total. The van der Waals surface area contributed by atoms with Crippen LogP contribution in [0.25, 0.3) is 16.8 Å². The van der Waals surface area contributed by atoms with Crippen molar-refractivity contribution in [2.24, 2.45) is 5.92 Å². The van der Waals surface area contributed by atoms with Crippen LogP contribution in [0.5, 0.6) is 5.75 Å². The van der Waals surface area contributed by atoms with E-state index >= 15 is 0 Å². The second-order valence-electron chi connectivity index (χ2n) is 12.6. The predicted octanol–water partition coefficient (Wildman–Crippen LogP) is 6.89. The number of nitrogens with zero attached hydrogens (tertiary/aromatic N) is 5. The van der Waals surface area contributed by atoms with E-state index in [2.05, 4.69) is 53.8 Å². The molecule has 3 atom stereocenters. The number of hydrogen-bond acceptors (Lipinski definition) is 7. The molecule has 3 aliphatic rings. The lowest BCUT2D eigenvalue weighted by Gasteiger charge is -2.28. The van der Waals surface area contributed by atoms with Crippen LogP contribution >= 0.6 is 0 Å². The third-order valence-electron chi connectivity index (χ3n) is 9.72. The van der Waals surface area contributed by atoms with E-state index in [9.17, 15) is 4.79 Å². The predicted molar refractivity (Wildman–Crippen MR) is 166 cm³/mol. The van der Waals surface area contributed by atoms with Gasteiger partial charge >= 0.3 is 5.97 Å². The summed E-state index contributed by atoms with van der Waals surface area (Å²) < 4.78 is 21.0. The van der Waals surface area contributed by atoms with Crippen LogP contribution in [0.2, 0.25) is 0 Å². The SMILES string of the molecule is COC(=O)c1cnn(-c2cccc(-c3cccc(O[C@@H](C)C4CCCCC4)c3)c2)c1[C@@H]1C[C@H]1c1cn(C2CCOCC2)nn1. The molecule has 2 aromatic heterocycles. The van der Waals surface area contributed by atoms with Gasteiger partial charge in [0, 0.05) is 31.2 Å². The van der Waals surface area contributed by atoms with Crippen molar-refractivity contribution < 1.29 is 19.0 Å². The summed E-state index contributed by atoms with van der Waals surface area (Å²) >= 11 is 0. The summed E-state index contributed by atoms with van der Waals surface area (Å²) in [5.74, 6) is 1.40. The Morgan fingerprint density at radius 3 is 2.55 bits per heavy atom. The van der Waals surface area contributed by atoms with E-state index in [1.165, 1.54) is 39.2 Å². The minimum Gasteiger partial charge on any atom is -0.490 e. The van der Waals surface area contributed by atoms with Crippen molar-refractivity contribution in [1.82, 2.24) is 24.8 Å². The van der Waals surface area contributed by atoms with Gasteiger partial charge in [0.05, 0.1) is 42.5 Å². The highest BCUT2D eigenvalue weighted by molar-refractivity contribution is 5.91. The maximum atomic E-state index is 12.9. The minimum atomic E-state index is -0.379. The summed E-state index contributed by atoms with van der Waals surface area (Å²) in [6, 6.07) is 17.0. The highest BCUT2D eigenvalue weighted by Gasteiger charge is 2.46. The van der Waals surface area contributed by atoms with Gasteiger partial charge in [0.1, 0.15) is 11.3 Å². The van der Waals surface area contributed by atoms with Gasteiger partial charge in [-0.3, -0.25) is 0 Å². The van der Waals surface area contributed by atoms with Crippen molar-refractivity contribution in [2.75, 3.05) is 20.3 Å². The van der Waals surface area contributed by atoms with Crippen molar-refractivity contribution in [1.29, 1.82) is 0 Å². The smallest absolute Gasteiger partial charge is 0.341 e. The van der Waals surface area contributed by atoms with Crippen LogP contribution in [0.4, 0.5) is 0 Å². The molecular formula is C35H41N5O4. The molecule has 2 aromatic carbocycles. The zero-order valence-electron chi connectivity index (χ0n) is 25.6. The number of hydrogen-bond donors (Lipinski definition) is 0. The second kappa shape index (κ2) is 12.6. The van der Waals surface area contributed by atoms with Crippen LogP contribution in [-0.4, -0.2) is 57.2 Å². The molecule has 9 heteroatoms. The topological polar surface area (TPSA) is 93.3 Å². The molecule has 0 amide bonds. The first-order chi connectivity index (χ1) is 21.6. The summed E-state index contributed by atoms with van der Waals surface area (Å²) in [4.78, 5) is 12.9. The van der Waals surface area contributed by atoms with Crippen molar-refractivity contribution in [3.63, 3.8) is 0 Å². The van der Waals surface area contributed by atoms with E-state index in [1.807, 2.05) is 27.6 Å². The fraction of sp³-hybridized carbons (Fsp3) is 0.486. The molecule has 4 aromatic rings. The average molecular weight is 596 g/mol. The molecule has 0 spiro atoms. The molecule has 2 saturated carbocycles. The summed E-state index contributed by atoms with van der Waals surface area (Å²) in [6.45, 7) is 3.71. The zero-order valence-corrected chi connectivity index (χ0v) is 25.6. The van der Waals surface area contributed by atoms with E-state index in [0.29, 0.717) is 17.5 Å². The molecule has 44 heavy (non-hydrogen) atoms. The lowest BCUT2D eigenvalue weighted by molar-refractivity contribution is 0.0599.